The van der Waals surface area contributed by atoms with E-state index in [1.165, 1.54) is 12.1 Å². The Labute approximate surface area is 174 Å². The maximum atomic E-state index is 13.3. The van der Waals surface area contributed by atoms with Crippen LogP contribution in [0.5, 0.6) is 5.75 Å². The van der Waals surface area contributed by atoms with Crippen molar-refractivity contribution < 1.29 is 19.4 Å². The largest absolute Gasteiger partial charge is 0.497 e. The predicted molar refractivity (Wildman–Crippen MR) is 116 cm³/mol. The molecule has 5 nitrogen and oxygen atoms in total. The number of carbonyl (C=O) groups excluding carboxylic acids is 1. The number of carbonyl (C=O) groups is 2. The molecular weight excluding hydrogens is 378 g/mol. The number of ether oxygens (including phenoxy) is 1. The number of anilines is 1. The maximum absolute atomic E-state index is 13.3. The monoisotopic (exact) mass is 397 g/mol. The Bertz CT molecular complexity index is 1140. The van der Waals surface area contributed by atoms with Gasteiger partial charge in [-0.1, -0.05) is 42.5 Å². The zero-order chi connectivity index (χ0) is 21.1. The van der Waals surface area contributed by atoms with Gasteiger partial charge in [0, 0.05) is 11.3 Å². The molecule has 1 aliphatic rings. The zero-order valence-corrected chi connectivity index (χ0v) is 16.3. The summed E-state index contributed by atoms with van der Waals surface area (Å²) in [6, 6.07) is 23.4. The van der Waals surface area contributed by atoms with E-state index in [1.807, 2.05) is 66.7 Å². The predicted octanol–water partition coefficient (Wildman–Crippen LogP) is 4.86. The molecule has 0 saturated heterocycles. The number of amides is 1. The lowest BCUT2D eigenvalue weighted by Crippen LogP contribution is -2.25. The van der Waals surface area contributed by atoms with Crippen LogP contribution >= 0.6 is 0 Å². The SMILES string of the molecule is COc1ccc(/C=C2\C=C(c3ccccc3)N(c3ccc(C(=O)O)cc3)C2=O)cc1. The third-order valence-electron chi connectivity index (χ3n) is 4.86. The summed E-state index contributed by atoms with van der Waals surface area (Å²) in [5, 5.41) is 9.16. The van der Waals surface area contributed by atoms with Crippen molar-refractivity contribution in [1.82, 2.24) is 0 Å². The van der Waals surface area contributed by atoms with Crippen molar-refractivity contribution in [3.63, 3.8) is 0 Å². The number of carboxylic acids is 1. The summed E-state index contributed by atoms with van der Waals surface area (Å²) in [4.78, 5) is 26.1. The lowest BCUT2D eigenvalue weighted by molar-refractivity contribution is -0.113. The highest BCUT2D eigenvalue weighted by Crippen LogP contribution is 2.35. The van der Waals surface area contributed by atoms with E-state index in [9.17, 15) is 9.59 Å². The van der Waals surface area contributed by atoms with Crippen LogP contribution in [0.2, 0.25) is 0 Å². The summed E-state index contributed by atoms with van der Waals surface area (Å²) in [7, 11) is 1.61. The molecule has 0 aromatic heterocycles. The molecule has 0 bridgehead atoms. The molecule has 1 amide bonds. The molecule has 0 spiro atoms. The third-order valence-corrected chi connectivity index (χ3v) is 4.86. The molecule has 30 heavy (non-hydrogen) atoms. The molecule has 0 radical (unpaired) electrons. The molecule has 3 aromatic rings. The van der Waals surface area contributed by atoms with Gasteiger partial charge in [-0.25, -0.2) is 4.79 Å². The van der Waals surface area contributed by atoms with Gasteiger partial charge < -0.3 is 9.84 Å². The minimum Gasteiger partial charge on any atom is -0.497 e. The van der Waals surface area contributed by atoms with Crippen molar-refractivity contribution in [2.75, 3.05) is 12.0 Å². The number of hydrogen-bond acceptors (Lipinski definition) is 3. The fraction of sp³-hybridized carbons (Fsp3) is 0.0400. The Morgan fingerprint density at radius 2 is 1.60 bits per heavy atom. The number of methoxy groups -OCH3 is 1. The van der Waals surface area contributed by atoms with Crippen LogP contribution in [0.25, 0.3) is 11.8 Å². The fourth-order valence-corrected chi connectivity index (χ4v) is 3.33. The van der Waals surface area contributed by atoms with E-state index in [0.29, 0.717) is 11.3 Å². The van der Waals surface area contributed by atoms with Crippen LogP contribution in [0.15, 0.2) is 90.5 Å². The topological polar surface area (TPSA) is 66.8 Å². The molecule has 1 heterocycles. The fourth-order valence-electron chi connectivity index (χ4n) is 3.33. The number of carboxylic acid groups (broad SMARTS) is 1. The lowest BCUT2D eigenvalue weighted by Gasteiger charge is -2.21. The molecule has 4 rings (SSSR count). The van der Waals surface area contributed by atoms with Gasteiger partial charge >= 0.3 is 5.97 Å². The number of aromatic carboxylic acids is 1. The summed E-state index contributed by atoms with van der Waals surface area (Å²) in [5.74, 6) is -0.434. The molecule has 148 valence electrons. The highest BCUT2D eigenvalue weighted by atomic mass is 16.5. The van der Waals surface area contributed by atoms with Gasteiger partial charge in [0.1, 0.15) is 5.75 Å². The first-order chi connectivity index (χ1) is 14.6. The smallest absolute Gasteiger partial charge is 0.335 e. The van der Waals surface area contributed by atoms with Crippen LogP contribution < -0.4 is 9.64 Å². The van der Waals surface area contributed by atoms with Gasteiger partial charge in [0.25, 0.3) is 5.91 Å². The van der Waals surface area contributed by atoms with Crippen LogP contribution in [0.1, 0.15) is 21.5 Å². The molecule has 0 saturated carbocycles. The zero-order valence-electron chi connectivity index (χ0n) is 16.3. The Hall–Kier alpha value is -4.12. The molecule has 1 aliphatic heterocycles. The van der Waals surface area contributed by atoms with Gasteiger partial charge in [0.2, 0.25) is 0 Å². The Morgan fingerprint density at radius 3 is 2.20 bits per heavy atom. The lowest BCUT2D eigenvalue weighted by atomic mass is 10.1. The summed E-state index contributed by atoms with van der Waals surface area (Å²) < 4.78 is 5.19. The normalized spacial score (nSPS) is 14.7. The second kappa shape index (κ2) is 8.09. The third kappa shape index (κ3) is 3.73. The number of hydrogen-bond donors (Lipinski definition) is 1. The Morgan fingerprint density at radius 1 is 0.933 bits per heavy atom. The second-order valence-corrected chi connectivity index (χ2v) is 6.76. The van der Waals surface area contributed by atoms with Gasteiger partial charge in [0.05, 0.1) is 18.4 Å². The van der Waals surface area contributed by atoms with E-state index in [-0.39, 0.29) is 11.5 Å². The van der Waals surface area contributed by atoms with Crippen molar-refractivity contribution in [1.29, 1.82) is 0 Å². The molecular formula is C25H19NO4. The molecule has 5 heteroatoms. The summed E-state index contributed by atoms with van der Waals surface area (Å²) in [5.41, 5.74) is 3.84. The van der Waals surface area contributed by atoms with Crippen LogP contribution in [-0.2, 0) is 4.79 Å². The van der Waals surface area contributed by atoms with Crippen molar-refractivity contribution >= 4 is 29.3 Å². The standard InChI is InChI=1S/C25H19NO4/c1-30-22-13-7-17(8-14-22)15-20-16-23(18-5-3-2-4-6-18)26(24(20)27)21-11-9-19(10-12-21)25(28)29/h2-16H,1H3,(H,28,29)/b20-15+. The van der Waals surface area contributed by atoms with E-state index in [1.54, 1.807) is 24.1 Å². The Balaban J connectivity index is 1.76. The molecule has 3 aromatic carbocycles. The summed E-state index contributed by atoms with van der Waals surface area (Å²) in [6.45, 7) is 0. The van der Waals surface area contributed by atoms with E-state index >= 15 is 0 Å². The molecule has 1 N–H and O–H groups in total. The number of benzene rings is 3. The quantitative estimate of drug-likeness (QED) is 0.624. The minimum atomic E-state index is -1.01. The number of nitrogens with zero attached hydrogens (tertiary/aromatic N) is 1. The van der Waals surface area contributed by atoms with Gasteiger partial charge in [-0.2, -0.15) is 0 Å². The average molecular weight is 397 g/mol. The van der Waals surface area contributed by atoms with E-state index in [2.05, 4.69) is 0 Å². The van der Waals surface area contributed by atoms with Crippen LogP contribution in [0.3, 0.4) is 0 Å². The average Bonchev–Trinajstić information content (AvgIpc) is 3.11. The molecule has 0 aliphatic carbocycles. The van der Waals surface area contributed by atoms with Crippen LogP contribution in [0, 0.1) is 0 Å². The van der Waals surface area contributed by atoms with E-state index in [0.717, 1.165) is 22.6 Å². The van der Waals surface area contributed by atoms with Gasteiger partial charge in [-0.05, 0) is 59.7 Å². The van der Waals surface area contributed by atoms with Gasteiger partial charge in [-0.15, -0.1) is 0 Å². The minimum absolute atomic E-state index is 0.171. The van der Waals surface area contributed by atoms with Crippen molar-refractivity contribution in [2.24, 2.45) is 0 Å². The van der Waals surface area contributed by atoms with Crippen molar-refractivity contribution in [3.8, 4) is 5.75 Å². The summed E-state index contributed by atoms with van der Waals surface area (Å²) >= 11 is 0. The molecule has 0 fully saturated rings. The highest BCUT2D eigenvalue weighted by molar-refractivity contribution is 6.23. The van der Waals surface area contributed by atoms with Gasteiger partial charge in [-0.3, -0.25) is 9.69 Å². The van der Waals surface area contributed by atoms with E-state index < -0.39 is 5.97 Å². The first-order valence-electron chi connectivity index (χ1n) is 9.37. The van der Waals surface area contributed by atoms with Crippen molar-refractivity contribution in [3.05, 3.63) is 107 Å². The molecule has 0 atom stereocenters. The van der Waals surface area contributed by atoms with E-state index in [4.69, 9.17) is 9.84 Å². The number of rotatable bonds is 5. The first-order valence-corrected chi connectivity index (χ1v) is 9.37. The first kappa shape index (κ1) is 19.2. The van der Waals surface area contributed by atoms with Gasteiger partial charge in [0.15, 0.2) is 0 Å². The van der Waals surface area contributed by atoms with Crippen LogP contribution in [-0.4, -0.2) is 24.1 Å². The highest BCUT2D eigenvalue weighted by Gasteiger charge is 2.30. The van der Waals surface area contributed by atoms with Crippen molar-refractivity contribution in [2.45, 2.75) is 0 Å². The Kier molecular flexibility index (Phi) is 5.18. The second-order valence-electron chi connectivity index (χ2n) is 6.76. The molecule has 0 unspecified atom stereocenters. The maximum Gasteiger partial charge on any atom is 0.335 e. The summed E-state index contributed by atoms with van der Waals surface area (Å²) in [6.07, 6.45) is 3.68. The van der Waals surface area contributed by atoms with Crippen LogP contribution in [0.4, 0.5) is 5.69 Å².